The van der Waals surface area contributed by atoms with Gasteiger partial charge in [-0.3, -0.25) is 4.79 Å². The molecule has 2 aromatic carbocycles. The Hall–Kier alpha value is -2.11. The predicted molar refractivity (Wildman–Crippen MR) is 105 cm³/mol. The lowest BCUT2D eigenvalue weighted by molar-refractivity contribution is 0.0713. The molecule has 6 heteroatoms. The second-order valence-electron chi connectivity index (χ2n) is 7.19. The Balaban J connectivity index is 0.00000210. The normalized spacial score (nSPS) is 23.7. The number of nitrogens with one attached hydrogen (secondary N) is 1. The zero-order chi connectivity index (χ0) is 18.3. The minimum atomic E-state index is -0.456. The Kier molecular flexibility index (Phi) is 5.72. The quantitative estimate of drug-likeness (QED) is 0.870. The fourth-order valence-electron chi connectivity index (χ4n) is 4.41. The Bertz CT molecular complexity index is 845. The maximum absolute atomic E-state index is 13.7. The van der Waals surface area contributed by atoms with Gasteiger partial charge in [-0.2, -0.15) is 0 Å². The molecule has 2 aliphatic rings. The second-order valence-corrected chi connectivity index (χ2v) is 7.19. The summed E-state index contributed by atoms with van der Waals surface area (Å²) in [5.74, 6) is 0.436. The number of hydrogen-bond acceptors (Lipinski definition) is 3. The van der Waals surface area contributed by atoms with E-state index in [1.807, 2.05) is 17.0 Å². The number of benzene rings is 2. The number of carbonyl (C=O) groups is 1. The maximum atomic E-state index is 13.7. The highest BCUT2D eigenvalue weighted by atomic mass is 35.5. The number of rotatable bonds is 3. The smallest absolute Gasteiger partial charge is 0.254 e. The van der Waals surface area contributed by atoms with Crippen molar-refractivity contribution in [2.45, 2.75) is 13.0 Å². The first kappa shape index (κ1) is 19.6. The molecule has 2 saturated heterocycles. The van der Waals surface area contributed by atoms with Crippen LogP contribution in [0.15, 0.2) is 42.5 Å². The molecule has 1 amide bonds. The van der Waals surface area contributed by atoms with Crippen molar-refractivity contribution in [3.63, 3.8) is 0 Å². The lowest BCUT2D eigenvalue weighted by Gasteiger charge is -2.29. The SMILES string of the molecule is COc1cc(C(=O)N2C[C@@H]3CNC[C@@H]3[C@H]2c2ccccc2C)ccc1F.Cl. The average molecular weight is 391 g/mol. The maximum Gasteiger partial charge on any atom is 0.254 e. The summed E-state index contributed by atoms with van der Waals surface area (Å²) in [6.07, 6.45) is 0. The van der Waals surface area contributed by atoms with Gasteiger partial charge in [0.15, 0.2) is 11.6 Å². The van der Waals surface area contributed by atoms with Crippen LogP contribution in [-0.2, 0) is 0 Å². The minimum absolute atomic E-state index is 0. The van der Waals surface area contributed by atoms with Crippen LogP contribution in [0.4, 0.5) is 4.39 Å². The number of nitrogens with zero attached hydrogens (tertiary/aromatic N) is 1. The largest absolute Gasteiger partial charge is 0.494 e. The molecule has 0 radical (unpaired) electrons. The van der Waals surface area contributed by atoms with E-state index >= 15 is 0 Å². The molecule has 27 heavy (non-hydrogen) atoms. The van der Waals surface area contributed by atoms with Crippen molar-refractivity contribution < 1.29 is 13.9 Å². The molecule has 144 valence electrons. The molecule has 0 spiro atoms. The van der Waals surface area contributed by atoms with Gasteiger partial charge in [0.25, 0.3) is 5.91 Å². The number of hydrogen-bond donors (Lipinski definition) is 1. The molecule has 0 unspecified atom stereocenters. The number of aryl methyl sites for hydroxylation is 1. The van der Waals surface area contributed by atoms with Crippen LogP contribution in [0.5, 0.6) is 5.75 Å². The third-order valence-electron chi connectivity index (χ3n) is 5.73. The molecular weight excluding hydrogens is 367 g/mol. The Labute approximate surface area is 165 Å². The summed E-state index contributed by atoms with van der Waals surface area (Å²) in [6.45, 7) is 4.66. The van der Waals surface area contributed by atoms with Gasteiger partial charge in [-0.1, -0.05) is 24.3 Å². The van der Waals surface area contributed by atoms with E-state index in [2.05, 4.69) is 24.4 Å². The predicted octanol–water partition coefficient (Wildman–Crippen LogP) is 3.60. The molecule has 3 atom stereocenters. The molecule has 4 nitrogen and oxygen atoms in total. The fourth-order valence-corrected chi connectivity index (χ4v) is 4.41. The summed E-state index contributed by atoms with van der Waals surface area (Å²) in [7, 11) is 1.41. The molecule has 0 aliphatic carbocycles. The van der Waals surface area contributed by atoms with Crippen molar-refractivity contribution in [3.05, 3.63) is 65.0 Å². The van der Waals surface area contributed by atoms with Crippen LogP contribution in [0.25, 0.3) is 0 Å². The summed E-state index contributed by atoms with van der Waals surface area (Å²) in [5.41, 5.74) is 2.86. The molecule has 1 N–H and O–H groups in total. The van der Waals surface area contributed by atoms with Crippen LogP contribution in [0.3, 0.4) is 0 Å². The van der Waals surface area contributed by atoms with Gasteiger partial charge in [0.2, 0.25) is 0 Å². The van der Waals surface area contributed by atoms with Crippen LogP contribution in [0, 0.1) is 24.6 Å². The molecule has 2 heterocycles. The van der Waals surface area contributed by atoms with E-state index in [9.17, 15) is 9.18 Å². The van der Waals surface area contributed by atoms with Crippen molar-refractivity contribution in [3.8, 4) is 5.75 Å². The van der Waals surface area contributed by atoms with Gasteiger partial charge in [-0.05, 0) is 42.2 Å². The highest BCUT2D eigenvalue weighted by molar-refractivity contribution is 5.95. The number of likely N-dealkylation sites (tertiary alicyclic amines) is 1. The summed E-state index contributed by atoms with van der Waals surface area (Å²) >= 11 is 0. The number of amides is 1. The number of carbonyl (C=O) groups excluding carboxylic acids is 1. The molecule has 0 bridgehead atoms. The van der Waals surface area contributed by atoms with Crippen LogP contribution < -0.4 is 10.1 Å². The van der Waals surface area contributed by atoms with Gasteiger partial charge in [-0.25, -0.2) is 4.39 Å². The second kappa shape index (κ2) is 7.87. The first-order valence-corrected chi connectivity index (χ1v) is 9.01. The molecular formula is C21H24ClFN2O2. The van der Waals surface area contributed by atoms with E-state index in [1.54, 1.807) is 6.07 Å². The van der Waals surface area contributed by atoms with Crippen LogP contribution in [-0.4, -0.2) is 37.6 Å². The lowest BCUT2D eigenvalue weighted by atomic mass is 9.87. The summed E-state index contributed by atoms with van der Waals surface area (Å²) in [4.78, 5) is 15.2. The Morgan fingerprint density at radius 3 is 2.74 bits per heavy atom. The minimum Gasteiger partial charge on any atom is -0.494 e. The topological polar surface area (TPSA) is 41.6 Å². The van der Waals surface area contributed by atoms with Gasteiger partial charge < -0.3 is 15.0 Å². The van der Waals surface area contributed by atoms with Crippen molar-refractivity contribution in [2.75, 3.05) is 26.7 Å². The summed E-state index contributed by atoms with van der Waals surface area (Å²) in [5, 5.41) is 3.46. The van der Waals surface area contributed by atoms with Crippen molar-refractivity contribution in [2.24, 2.45) is 11.8 Å². The van der Waals surface area contributed by atoms with Gasteiger partial charge in [-0.15, -0.1) is 12.4 Å². The number of halogens is 2. The number of ether oxygens (including phenoxy) is 1. The number of methoxy groups -OCH3 is 1. The van der Waals surface area contributed by atoms with Gasteiger partial charge in [0.1, 0.15) is 0 Å². The standard InChI is InChI=1S/C21H23FN2O2.ClH/c1-13-5-3-4-6-16(13)20-17-11-23-10-15(17)12-24(20)21(25)14-7-8-18(22)19(9-14)26-2;/h3-9,15,17,20,23H,10-12H2,1-2H3;1H/t15-,17-,20+;/m0./s1. The summed E-state index contributed by atoms with van der Waals surface area (Å²) < 4.78 is 18.8. The van der Waals surface area contributed by atoms with Crippen LogP contribution >= 0.6 is 12.4 Å². The van der Waals surface area contributed by atoms with Crippen molar-refractivity contribution in [1.82, 2.24) is 10.2 Å². The lowest BCUT2D eigenvalue weighted by Crippen LogP contribution is -2.35. The Morgan fingerprint density at radius 2 is 2.00 bits per heavy atom. The first-order valence-electron chi connectivity index (χ1n) is 9.01. The number of fused-ring (bicyclic) bond motifs is 1. The van der Waals surface area contributed by atoms with Crippen molar-refractivity contribution >= 4 is 18.3 Å². The van der Waals surface area contributed by atoms with E-state index in [0.29, 0.717) is 17.4 Å². The van der Waals surface area contributed by atoms with Crippen LogP contribution in [0.2, 0.25) is 0 Å². The first-order chi connectivity index (χ1) is 12.6. The van der Waals surface area contributed by atoms with E-state index in [-0.39, 0.29) is 30.1 Å². The van der Waals surface area contributed by atoms with Gasteiger partial charge in [0, 0.05) is 31.1 Å². The van der Waals surface area contributed by atoms with E-state index in [4.69, 9.17) is 4.74 Å². The molecule has 2 fully saturated rings. The van der Waals surface area contributed by atoms with Gasteiger partial charge in [0.05, 0.1) is 13.2 Å². The van der Waals surface area contributed by atoms with Gasteiger partial charge >= 0.3 is 0 Å². The molecule has 2 aliphatic heterocycles. The highest BCUT2D eigenvalue weighted by Gasteiger charge is 2.47. The van der Waals surface area contributed by atoms with E-state index in [1.165, 1.54) is 30.4 Å². The highest BCUT2D eigenvalue weighted by Crippen LogP contribution is 2.44. The van der Waals surface area contributed by atoms with E-state index < -0.39 is 5.82 Å². The van der Waals surface area contributed by atoms with E-state index in [0.717, 1.165) is 19.6 Å². The Morgan fingerprint density at radius 1 is 1.22 bits per heavy atom. The fraction of sp³-hybridized carbons (Fsp3) is 0.381. The summed E-state index contributed by atoms with van der Waals surface area (Å²) in [6, 6.07) is 12.6. The molecule has 0 aromatic heterocycles. The molecule has 4 rings (SSSR count). The average Bonchev–Trinajstić information content (AvgIpc) is 3.23. The monoisotopic (exact) mass is 390 g/mol. The van der Waals surface area contributed by atoms with Crippen LogP contribution in [0.1, 0.15) is 27.5 Å². The zero-order valence-electron chi connectivity index (χ0n) is 15.4. The molecule has 0 saturated carbocycles. The van der Waals surface area contributed by atoms with Crippen molar-refractivity contribution in [1.29, 1.82) is 0 Å². The zero-order valence-corrected chi connectivity index (χ0v) is 16.3. The third-order valence-corrected chi connectivity index (χ3v) is 5.73. The third kappa shape index (κ3) is 3.42. The molecule has 2 aromatic rings.